The third-order valence-corrected chi connectivity index (χ3v) is 6.98. The van der Waals surface area contributed by atoms with Crippen LogP contribution in [0.15, 0.2) is 6.33 Å². The summed E-state index contributed by atoms with van der Waals surface area (Å²) in [6.07, 6.45) is 5.80. The van der Waals surface area contributed by atoms with E-state index in [1.165, 1.54) is 13.4 Å². The van der Waals surface area contributed by atoms with Crippen molar-refractivity contribution in [1.29, 1.82) is 0 Å². The first-order valence-electron chi connectivity index (χ1n) is 10.7. The molecule has 1 aromatic heterocycles. The second-order valence-corrected chi connectivity index (χ2v) is 10.3. The third-order valence-electron chi connectivity index (χ3n) is 6.98. The lowest BCUT2D eigenvalue weighted by atomic mass is 9.65. The van der Waals surface area contributed by atoms with E-state index in [9.17, 15) is 14.9 Å². The zero-order chi connectivity index (χ0) is 21.7. The van der Waals surface area contributed by atoms with Crippen molar-refractivity contribution < 1.29 is 14.5 Å². The minimum atomic E-state index is -0.340. The van der Waals surface area contributed by atoms with Crippen LogP contribution in [-0.2, 0) is 9.53 Å². The number of anilines is 2. The van der Waals surface area contributed by atoms with E-state index in [1.54, 1.807) is 0 Å². The average molecular weight is 418 g/mol. The smallest absolute Gasteiger partial charge is 0.353 e. The van der Waals surface area contributed by atoms with Crippen LogP contribution in [0.4, 0.5) is 17.3 Å². The van der Waals surface area contributed by atoms with Crippen LogP contribution in [0.1, 0.15) is 52.9 Å². The van der Waals surface area contributed by atoms with Gasteiger partial charge in [-0.3, -0.25) is 14.9 Å². The SMILES string of the molecule is COC(=O)C1CCN(c2ncnc(N3CC4(C)CC3CC(C)(C)C4)c2[N+](=O)[O-])CC1. The molecule has 2 unspecified atom stereocenters. The van der Waals surface area contributed by atoms with Gasteiger partial charge in [-0.25, -0.2) is 9.97 Å². The van der Waals surface area contributed by atoms with Gasteiger partial charge in [-0.15, -0.1) is 0 Å². The summed E-state index contributed by atoms with van der Waals surface area (Å²) < 4.78 is 4.85. The van der Waals surface area contributed by atoms with Crippen LogP contribution in [0.25, 0.3) is 0 Å². The number of ether oxygens (including phenoxy) is 1. The lowest BCUT2D eigenvalue weighted by molar-refractivity contribution is -0.383. The van der Waals surface area contributed by atoms with E-state index < -0.39 is 0 Å². The molecule has 2 saturated heterocycles. The van der Waals surface area contributed by atoms with Crippen molar-refractivity contribution in [2.45, 2.75) is 58.9 Å². The number of carbonyl (C=O) groups is 1. The Hall–Kier alpha value is -2.45. The number of carbonyl (C=O) groups excluding carboxylic acids is 1. The molecule has 1 aliphatic carbocycles. The van der Waals surface area contributed by atoms with Gasteiger partial charge >= 0.3 is 11.7 Å². The van der Waals surface area contributed by atoms with Crippen molar-refractivity contribution in [1.82, 2.24) is 9.97 Å². The van der Waals surface area contributed by atoms with E-state index >= 15 is 0 Å². The van der Waals surface area contributed by atoms with Crippen LogP contribution < -0.4 is 9.80 Å². The molecule has 3 aliphatic rings. The molecule has 0 aromatic carbocycles. The Kier molecular flexibility index (Phi) is 5.10. The van der Waals surface area contributed by atoms with Crippen molar-refractivity contribution in [3.05, 3.63) is 16.4 Å². The predicted octanol–water partition coefficient (Wildman–Crippen LogP) is 3.18. The number of hydrogen-bond acceptors (Lipinski definition) is 8. The van der Waals surface area contributed by atoms with Gasteiger partial charge in [-0.2, -0.15) is 0 Å². The summed E-state index contributed by atoms with van der Waals surface area (Å²) >= 11 is 0. The molecule has 164 valence electrons. The summed E-state index contributed by atoms with van der Waals surface area (Å²) in [6, 6.07) is 0.255. The molecule has 9 nitrogen and oxygen atoms in total. The summed E-state index contributed by atoms with van der Waals surface area (Å²) in [5.74, 6) is 0.421. The molecular formula is C21H31N5O4. The highest BCUT2D eigenvalue weighted by Gasteiger charge is 2.51. The number of nitrogens with zero attached hydrogens (tertiary/aromatic N) is 5. The molecule has 0 radical (unpaired) electrons. The van der Waals surface area contributed by atoms with Crippen LogP contribution in [0.2, 0.25) is 0 Å². The quantitative estimate of drug-likeness (QED) is 0.418. The van der Waals surface area contributed by atoms with Gasteiger partial charge in [0.05, 0.1) is 18.0 Å². The number of esters is 1. The van der Waals surface area contributed by atoms with Gasteiger partial charge in [-0.05, 0) is 42.9 Å². The van der Waals surface area contributed by atoms with Crippen molar-refractivity contribution in [3.8, 4) is 0 Å². The number of methoxy groups -OCH3 is 1. The van der Waals surface area contributed by atoms with Crippen LogP contribution >= 0.6 is 0 Å². The standard InChI is InChI=1S/C21H31N5O4/c1-20(2)9-15-10-21(3,11-20)12-25(15)18-16(26(28)29)17(22-13-23-18)24-7-5-14(6-8-24)19(27)30-4/h13-15H,5-12H2,1-4H3. The highest BCUT2D eigenvalue weighted by Crippen LogP contribution is 2.54. The second kappa shape index (κ2) is 7.35. The molecule has 1 aromatic rings. The molecule has 2 aliphatic heterocycles. The molecule has 4 rings (SSSR count). The first kappa shape index (κ1) is 20.8. The molecule has 0 spiro atoms. The molecule has 3 fully saturated rings. The highest BCUT2D eigenvalue weighted by molar-refractivity contribution is 5.74. The molecule has 2 atom stereocenters. The van der Waals surface area contributed by atoms with E-state index in [-0.39, 0.29) is 39.4 Å². The van der Waals surface area contributed by atoms with Crippen molar-refractivity contribution in [2.75, 3.05) is 36.5 Å². The first-order chi connectivity index (χ1) is 14.1. The number of nitro groups is 1. The van der Waals surface area contributed by atoms with Gasteiger partial charge in [0.25, 0.3) is 0 Å². The molecule has 9 heteroatoms. The summed E-state index contributed by atoms with van der Waals surface area (Å²) in [6.45, 7) is 8.70. The fraction of sp³-hybridized carbons (Fsp3) is 0.762. The van der Waals surface area contributed by atoms with Gasteiger partial charge in [0, 0.05) is 25.7 Å². The first-order valence-corrected chi connectivity index (χ1v) is 10.7. The van der Waals surface area contributed by atoms with Crippen molar-refractivity contribution >= 4 is 23.3 Å². The normalized spacial score (nSPS) is 28.5. The summed E-state index contributed by atoms with van der Waals surface area (Å²) in [7, 11) is 1.39. The lowest BCUT2D eigenvalue weighted by Gasteiger charge is -2.39. The Bertz CT molecular complexity index is 852. The molecule has 2 bridgehead atoms. The molecule has 30 heavy (non-hydrogen) atoms. The zero-order valence-corrected chi connectivity index (χ0v) is 18.3. The summed E-state index contributed by atoms with van der Waals surface area (Å²) in [4.78, 5) is 36.4. The predicted molar refractivity (Wildman–Crippen MR) is 113 cm³/mol. The van der Waals surface area contributed by atoms with Crippen LogP contribution in [0, 0.1) is 26.9 Å². The van der Waals surface area contributed by atoms with E-state index in [2.05, 4.69) is 35.6 Å². The molecular weight excluding hydrogens is 386 g/mol. The molecule has 0 amide bonds. The Balaban J connectivity index is 1.64. The zero-order valence-electron chi connectivity index (χ0n) is 18.3. The Morgan fingerprint density at radius 3 is 2.50 bits per heavy atom. The fourth-order valence-electron chi connectivity index (χ4n) is 6.17. The Morgan fingerprint density at radius 1 is 1.20 bits per heavy atom. The Labute approximate surface area is 177 Å². The van der Waals surface area contributed by atoms with E-state index in [1.807, 2.05) is 4.90 Å². The highest BCUT2D eigenvalue weighted by atomic mass is 16.6. The summed E-state index contributed by atoms with van der Waals surface area (Å²) in [5, 5.41) is 12.2. The largest absolute Gasteiger partial charge is 0.469 e. The minimum Gasteiger partial charge on any atom is -0.469 e. The van der Waals surface area contributed by atoms with Gasteiger partial charge in [-0.1, -0.05) is 20.8 Å². The van der Waals surface area contributed by atoms with Gasteiger partial charge in [0.15, 0.2) is 0 Å². The second-order valence-electron chi connectivity index (χ2n) is 10.3. The Morgan fingerprint density at radius 2 is 1.87 bits per heavy atom. The molecule has 3 heterocycles. The van der Waals surface area contributed by atoms with Crippen LogP contribution in [0.3, 0.4) is 0 Å². The average Bonchev–Trinajstić information content (AvgIpc) is 2.95. The van der Waals surface area contributed by atoms with Gasteiger partial charge < -0.3 is 14.5 Å². The topological polar surface area (TPSA) is 102 Å². The molecule has 0 N–H and O–H groups in total. The maximum Gasteiger partial charge on any atom is 0.353 e. The van der Waals surface area contributed by atoms with Gasteiger partial charge in [0.2, 0.25) is 11.6 Å². The van der Waals surface area contributed by atoms with Crippen LogP contribution in [0.5, 0.6) is 0 Å². The number of piperidine rings is 1. The van der Waals surface area contributed by atoms with E-state index in [4.69, 9.17) is 4.74 Å². The monoisotopic (exact) mass is 417 g/mol. The lowest BCUT2D eigenvalue weighted by Crippen LogP contribution is -2.38. The van der Waals surface area contributed by atoms with Crippen molar-refractivity contribution in [2.24, 2.45) is 16.7 Å². The molecule has 1 saturated carbocycles. The summed E-state index contributed by atoms with van der Waals surface area (Å²) in [5.41, 5.74) is 0.347. The number of aromatic nitrogens is 2. The number of rotatable bonds is 4. The maximum absolute atomic E-state index is 12.2. The van der Waals surface area contributed by atoms with E-state index in [0.29, 0.717) is 37.6 Å². The van der Waals surface area contributed by atoms with Gasteiger partial charge in [0.1, 0.15) is 6.33 Å². The van der Waals surface area contributed by atoms with E-state index in [0.717, 1.165) is 25.8 Å². The fourth-order valence-corrected chi connectivity index (χ4v) is 6.17. The number of hydrogen-bond donors (Lipinski definition) is 0. The van der Waals surface area contributed by atoms with Crippen LogP contribution in [-0.4, -0.2) is 53.6 Å². The van der Waals surface area contributed by atoms with Crippen molar-refractivity contribution in [3.63, 3.8) is 0 Å². The third kappa shape index (κ3) is 3.70. The number of fused-ring (bicyclic) bond motifs is 2. The minimum absolute atomic E-state index is 0.0111. The maximum atomic E-state index is 12.2.